The van der Waals surface area contributed by atoms with Crippen molar-refractivity contribution in [2.45, 2.75) is 44.0 Å². The number of carbonyl (C=O) groups excluding carboxylic acids is 1. The van der Waals surface area contributed by atoms with Gasteiger partial charge in [-0.25, -0.2) is 13.6 Å². The average molecular weight is 221 g/mol. The molecule has 0 unspecified atom stereocenters. The monoisotopic (exact) mass is 221 g/mol. The molecule has 0 aromatic rings. The van der Waals surface area contributed by atoms with Gasteiger partial charge in [-0.2, -0.15) is 0 Å². The van der Waals surface area contributed by atoms with Gasteiger partial charge >= 0.3 is 5.97 Å². The summed E-state index contributed by atoms with van der Waals surface area (Å²) in [5, 5.41) is 4.56. The summed E-state index contributed by atoms with van der Waals surface area (Å²) in [7, 11) is -3.42. The SMILES string of the molecule is CC(=O)OC1CCC(S(N)(=O)=O)CC1. The van der Waals surface area contributed by atoms with Crippen LogP contribution in [-0.4, -0.2) is 25.7 Å². The fraction of sp³-hybridized carbons (Fsp3) is 0.875. The summed E-state index contributed by atoms with van der Waals surface area (Å²) in [5.74, 6) is -0.316. The van der Waals surface area contributed by atoms with Crippen LogP contribution in [0.4, 0.5) is 0 Å². The van der Waals surface area contributed by atoms with E-state index in [0.29, 0.717) is 25.7 Å². The van der Waals surface area contributed by atoms with Gasteiger partial charge in [-0.05, 0) is 25.7 Å². The number of primary sulfonamides is 1. The van der Waals surface area contributed by atoms with E-state index in [1.165, 1.54) is 6.92 Å². The zero-order valence-corrected chi connectivity index (χ0v) is 8.92. The van der Waals surface area contributed by atoms with Crippen LogP contribution in [0.1, 0.15) is 32.6 Å². The molecule has 0 bridgehead atoms. The van der Waals surface area contributed by atoms with Gasteiger partial charge in [-0.1, -0.05) is 0 Å². The molecular formula is C8H15NO4S. The van der Waals surface area contributed by atoms with Crippen molar-refractivity contribution in [3.63, 3.8) is 0 Å². The molecule has 0 aliphatic heterocycles. The minimum atomic E-state index is -3.42. The highest BCUT2D eigenvalue weighted by molar-refractivity contribution is 7.89. The molecule has 2 N–H and O–H groups in total. The van der Waals surface area contributed by atoms with E-state index in [2.05, 4.69) is 0 Å². The Labute approximate surface area is 83.7 Å². The molecule has 6 heteroatoms. The minimum Gasteiger partial charge on any atom is -0.463 e. The predicted octanol–water partition coefficient (Wildman–Crippen LogP) is 0.149. The standard InChI is InChI=1S/C8H15NO4S/c1-6(10)13-7-2-4-8(5-3-7)14(9,11)12/h7-8H,2-5H2,1H3,(H2,9,11,12). The van der Waals surface area contributed by atoms with Crippen molar-refractivity contribution in [3.05, 3.63) is 0 Å². The van der Waals surface area contributed by atoms with E-state index in [-0.39, 0.29) is 12.1 Å². The van der Waals surface area contributed by atoms with Crippen LogP contribution >= 0.6 is 0 Å². The molecule has 0 aromatic heterocycles. The highest BCUT2D eigenvalue weighted by Gasteiger charge is 2.29. The summed E-state index contributed by atoms with van der Waals surface area (Å²) in [6.07, 6.45) is 2.00. The first-order valence-electron chi connectivity index (χ1n) is 4.58. The van der Waals surface area contributed by atoms with Crippen LogP contribution in [0.15, 0.2) is 0 Å². The van der Waals surface area contributed by atoms with Crippen molar-refractivity contribution in [2.24, 2.45) is 5.14 Å². The lowest BCUT2D eigenvalue weighted by molar-refractivity contribution is -0.147. The zero-order valence-electron chi connectivity index (χ0n) is 8.10. The smallest absolute Gasteiger partial charge is 0.302 e. The fourth-order valence-electron chi connectivity index (χ4n) is 1.71. The Kier molecular flexibility index (Phi) is 3.49. The maximum absolute atomic E-state index is 11.0. The van der Waals surface area contributed by atoms with Gasteiger partial charge in [-0.15, -0.1) is 0 Å². The Morgan fingerprint density at radius 3 is 2.14 bits per heavy atom. The van der Waals surface area contributed by atoms with Crippen molar-refractivity contribution < 1.29 is 17.9 Å². The Morgan fingerprint density at radius 1 is 1.29 bits per heavy atom. The first-order valence-corrected chi connectivity index (χ1v) is 6.19. The molecule has 82 valence electrons. The number of esters is 1. The van der Waals surface area contributed by atoms with E-state index >= 15 is 0 Å². The van der Waals surface area contributed by atoms with Crippen molar-refractivity contribution in [1.29, 1.82) is 0 Å². The maximum Gasteiger partial charge on any atom is 0.302 e. The van der Waals surface area contributed by atoms with Crippen LogP contribution in [0.5, 0.6) is 0 Å². The second kappa shape index (κ2) is 4.27. The van der Waals surface area contributed by atoms with Crippen LogP contribution in [-0.2, 0) is 19.6 Å². The molecule has 0 heterocycles. The lowest BCUT2D eigenvalue weighted by atomic mass is 9.97. The summed E-state index contributed by atoms with van der Waals surface area (Å²) in [6, 6.07) is 0. The summed E-state index contributed by atoms with van der Waals surface area (Å²) < 4.78 is 26.9. The van der Waals surface area contributed by atoms with Crippen molar-refractivity contribution in [1.82, 2.24) is 0 Å². The van der Waals surface area contributed by atoms with E-state index in [0.717, 1.165) is 0 Å². The molecule has 1 aliphatic carbocycles. The molecule has 1 saturated carbocycles. The normalized spacial score (nSPS) is 28.4. The predicted molar refractivity (Wildman–Crippen MR) is 50.9 cm³/mol. The Hall–Kier alpha value is -0.620. The van der Waals surface area contributed by atoms with E-state index in [9.17, 15) is 13.2 Å². The lowest BCUT2D eigenvalue weighted by Crippen LogP contribution is -2.34. The largest absolute Gasteiger partial charge is 0.463 e. The highest BCUT2D eigenvalue weighted by atomic mass is 32.2. The first kappa shape index (κ1) is 11.5. The molecule has 0 saturated heterocycles. The highest BCUT2D eigenvalue weighted by Crippen LogP contribution is 2.24. The molecule has 14 heavy (non-hydrogen) atoms. The van der Waals surface area contributed by atoms with Gasteiger partial charge in [0.2, 0.25) is 10.0 Å². The van der Waals surface area contributed by atoms with Gasteiger partial charge in [0, 0.05) is 6.92 Å². The molecule has 0 aromatic carbocycles. The number of hydrogen-bond acceptors (Lipinski definition) is 4. The third-order valence-corrected chi connectivity index (χ3v) is 3.82. The molecular weight excluding hydrogens is 206 g/mol. The number of sulfonamides is 1. The van der Waals surface area contributed by atoms with E-state index in [1.54, 1.807) is 0 Å². The Bertz CT molecular complexity index is 303. The molecule has 0 amide bonds. The maximum atomic E-state index is 11.0. The van der Waals surface area contributed by atoms with E-state index in [1.807, 2.05) is 0 Å². The molecule has 1 fully saturated rings. The third-order valence-electron chi connectivity index (χ3n) is 2.42. The Balaban J connectivity index is 2.43. The third kappa shape index (κ3) is 3.26. The minimum absolute atomic E-state index is 0.134. The quantitative estimate of drug-likeness (QED) is 0.672. The second-order valence-corrected chi connectivity index (χ2v) is 5.44. The lowest BCUT2D eigenvalue weighted by Gasteiger charge is -2.26. The second-order valence-electron chi connectivity index (χ2n) is 3.60. The number of hydrogen-bond donors (Lipinski definition) is 1. The zero-order chi connectivity index (χ0) is 10.8. The van der Waals surface area contributed by atoms with Gasteiger partial charge in [-0.3, -0.25) is 4.79 Å². The summed E-state index contributed by atoms with van der Waals surface area (Å²) in [4.78, 5) is 10.6. The fourth-order valence-corrected chi connectivity index (χ4v) is 2.64. The molecule has 0 radical (unpaired) electrons. The molecule has 0 spiro atoms. The van der Waals surface area contributed by atoms with E-state index < -0.39 is 15.3 Å². The number of ether oxygens (including phenoxy) is 1. The number of nitrogens with two attached hydrogens (primary N) is 1. The van der Waals surface area contributed by atoms with Crippen molar-refractivity contribution in [2.75, 3.05) is 0 Å². The van der Waals surface area contributed by atoms with Crippen LogP contribution in [0.25, 0.3) is 0 Å². The van der Waals surface area contributed by atoms with Gasteiger partial charge in [0.05, 0.1) is 5.25 Å². The van der Waals surface area contributed by atoms with Gasteiger partial charge < -0.3 is 4.74 Å². The van der Waals surface area contributed by atoms with Crippen LogP contribution in [0.3, 0.4) is 0 Å². The first-order chi connectivity index (χ1) is 6.39. The molecule has 1 rings (SSSR count). The summed E-state index contributed by atoms with van der Waals surface area (Å²) in [5.41, 5.74) is 0. The number of rotatable bonds is 2. The summed E-state index contributed by atoms with van der Waals surface area (Å²) in [6.45, 7) is 1.35. The average Bonchev–Trinajstić information content (AvgIpc) is 2.02. The Morgan fingerprint density at radius 2 is 1.79 bits per heavy atom. The molecule has 0 atom stereocenters. The van der Waals surface area contributed by atoms with Gasteiger partial charge in [0.1, 0.15) is 6.10 Å². The van der Waals surface area contributed by atoms with Gasteiger partial charge in [0.25, 0.3) is 0 Å². The molecule has 5 nitrogen and oxygen atoms in total. The number of carbonyl (C=O) groups is 1. The van der Waals surface area contributed by atoms with Crippen LogP contribution in [0, 0.1) is 0 Å². The van der Waals surface area contributed by atoms with Crippen molar-refractivity contribution >= 4 is 16.0 Å². The van der Waals surface area contributed by atoms with Crippen LogP contribution < -0.4 is 5.14 Å². The van der Waals surface area contributed by atoms with Gasteiger partial charge in [0.15, 0.2) is 0 Å². The topological polar surface area (TPSA) is 86.5 Å². The van der Waals surface area contributed by atoms with Crippen LogP contribution in [0.2, 0.25) is 0 Å². The van der Waals surface area contributed by atoms with Crippen molar-refractivity contribution in [3.8, 4) is 0 Å². The molecule has 1 aliphatic rings. The summed E-state index contributed by atoms with van der Waals surface area (Å²) >= 11 is 0. The van der Waals surface area contributed by atoms with E-state index in [4.69, 9.17) is 9.88 Å².